The molecule has 0 unspecified atom stereocenters. The molecule has 4 nitrogen and oxygen atoms in total. The fourth-order valence-electron chi connectivity index (χ4n) is 1.68. The lowest BCUT2D eigenvalue weighted by molar-refractivity contribution is 0.538. The lowest BCUT2D eigenvalue weighted by Crippen LogP contribution is -2.19. The van der Waals surface area contributed by atoms with Crippen LogP contribution in [0.4, 0.5) is 10.3 Å². The Bertz CT molecular complexity index is 590. The molecule has 0 spiro atoms. The summed E-state index contributed by atoms with van der Waals surface area (Å²) in [5.74, 6) is 1.14. The van der Waals surface area contributed by atoms with E-state index in [9.17, 15) is 4.39 Å². The molecule has 0 atom stereocenters. The number of hydrogen-bond acceptors (Lipinski definition) is 4. The third-order valence-electron chi connectivity index (χ3n) is 2.62. The third-order valence-corrected chi connectivity index (χ3v) is 2.62. The van der Waals surface area contributed by atoms with Gasteiger partial charge in [0.15, 0.2) is 0 Å². The van der Waals surface area contributed by atoms with E-state index in [1.807, 2.05) is 26.8 Å². The second kappa shape index (κ2) is 4.91. The highest BCUT2D eigenvalue weighted by Crippen LogP contribution is 2.19. The summed E-state index contributed by atoms with van der Waals surface area (Å²) in [5.41, 5.74) is 6.31. The van der Waals surface area contributed by atoms with Gasteiger partial charge < -0.3 is 5.73 Å². The van der Waals surface area contributed by atoms with Crippen LogP contribution in [0.1, 0.15) is 38.0 Å². The Labute approximate surface area is 111 Å². The number of nitrogens with zero attached hydrogens (tertiary/aromatic N) is 3. The van der Waals surface area contributed by atoms with Crippen molar-refractivity contribution in [3.8, 4) is 0 Å². The Kier molecular flexibility index (Phi) is 3.46. The average Bonchev–Trinajstić information content (AvgIpc) is 2.26. The van der Waals surface area contributed by atoms with Gasteiger partial charge in [0.2, 0.25) is 5.95 Å². The summed E-state index contributed by atoms with van der Waals surface area (Å²) in [4.78, 5) is 12.7. The molecule has 2 rings (SSSR count). The van der Waals surface area contributed by atoms with Crippen LogP contribution >= 0.6 is 0 Å². The Hall–Kier alpha value is -2.04. The average molecular weight is 260 g/mol. The normalized spacial score (nSPS) is 11.6. The highest BCUT2D eigenvalue weighted by molar-refractivity contribution is 5.24. The Morgan fingerprint density at radius 3 is 2.53 bits per heavy atom. The molecule has 0 aliphatic carbocycles. The molecule has 1 aromatic carbocycles. The summed E-state index contributed by atoms with van der Waals surface area (Å²) in [6.45, 7) is 6.02. The number of rotatable bonds is 2. The molecule has 19 heavy (non-hydrogen) atoms. The van der Waals surface area contributed by atoms with Gasteiger partial charge >= 0.3 is 0 Å². The number of halogens is 1. The Morgan fingerprint density at radius 2 is 1.89 bits per heavy atom. The van der Waals surface area contributed by atoms with E-state index in [1.165, 1.54) is 12.1 Å². The summed E-state index contributed by atoms with van der Waals surface area (Å²) in [6, 6.07) is 6.38. The zero-order valence-corrected chi connectivity index (χ0v) is 11.3. The van der Waals surface area contributed by atoms with E-state index in [4.69, 9.17) is 5.73 Å². The molecule has 0 aliphatic rings. The first-order valence-electron chi connectivity index (χ1n) is 6.10. The number of nitrogens with two attached hydrogens (primary N) is 1. The van der Waals surface area contributed by atoms with Crippen molar-refractivity contribution in [3.63, 3.8) is 0 Å². The predicted molar refractivity (Wildman–Crippen MR) is 72.1 cm³/mol. The van der Waals surface area contributed by atoms with Crippen molar-refractivity contribution < 1.29 is 4.39 Å². The van der Waals surface area contributed by atoms with Crippen LogP contribution in [0.5, 0.6) is 0 Å². The van der Waals surface area contributed by atoms with Crippen LogP contribution in [0, 0.1) is 5.82 Å². The van der Waals surface area contributed by atoms with Crippen molar-refractivity contribution in [2.75, 3.05) is 5.73 Å². The second-order valence-corrected chi connectivity index (χ2v) is 5.49. The first kappa shape index (κ1) is 13.4. The van der Waals surface area contributed by atoms with E-state index in [0.717, 1.165) is 5.56 Å². The summed E-state index contributed by atoms with van der Waals surface area (Å²) >= 11 is 0. The third kappa shape index (κ3) is 3.47. The fraction of sp³-hybridized carbons (Fsp3) is 0.357. The molecule has 2 aromatic rings. The van der Waals surface area contributed by atoms with Crippen molar-refractivity contribution in [1.29, 1.82) is 0 Å². The predicted octanol–water partition coefficient (Wildman–Crippen LogP) is 2.48. The van der Waals surface area contributed by atoms with Crippen LogP contribution in [0.3, 0.4) is 0 Å². The summed E-state index contributed by atoms with van der Waals surface area (Å²) in [7, 11) is 0. The van der Waals surface area contributed by atoms with Crippen molar-refractivity contribution in [2.45, 2.75) is 32.6 Å². The molecule has 0 radical (unpaired) electrons. The molecule has 100 valence electrons. The van der Waals surface area contributed by atoms with Gasteiger partial charge in [-0.25, -0.2) is 9.37 Å². The molecule has 1 aromatic heterocycles. The van der Waals surface area contributed by atoms with E-state index in [-0.39, 0.29) is 17.2 Å². The first-order chi connectivity index (χ1) is 8.84. The van der Waals surface area contributed by atoms with Crippen LogP contribution in [0.15, 0.2) is 24.3 Å². The Balaban J connectivity index is 2.33. The van der Waals surface area contributed by atoms with Gasteiger partial charge in [-0.3, -0.25) is 0 Å². The Morgan fingerprint density at radius 1 is 1.16 bits per heavy atom. The lowest BCUT2D eigenvalue weighted by atomic mass is 9.96. The van der Waals surface area contributed by atoms with Gasteiger partial charge in [-0.2, -0.15) is 9.97 Å². The molecule has 5 heteroatoms. The van der Waals surface area contributed by atoms with Crippen molar-refractivity contribution in [1.82, 2.24) is 15.0 Å². The maximum Gasteiger partial charge on any atom is 0.223 e. The van der Waals surface area contributed by atoms with Gasteiger partial charge in [0.25, 0.3) is 0 Å². The van der Waals surface area contributed by atoms with Gasteiger partial charge in [0.1, 0.15) is 17.5 Å². The van der Waals surface area contributed by atoms with Crippen LogP contribution < -0.4 is 5.73 Å². The van der Waals surface area contributed by atoms with E-state index in [1.54, 1.807) is 6.07 Å². The van der Waals surface area contributed by atoms with Gasteiger partial charge in [0, 0.05) is 11.8 Å². The van der Waals surface area contributed by atoms with E-state index in [0.29, 0.717) is 18.1 Å². The standard InChI is InChI=1S/C14H17FN4/c1-14(2,3)12-17-11(18-13(16)19-12)8-9-5-4-6-10(15)7-9/h4-7H,8H2,1-3H3,(H2,16,17,18,19). The van der Waals surface area contributed by atoms with Gasteiger partial charge in [-0.1, -0.05) is 32.9 Å². The van der Waals surface area contributed by atoms with Crippen LogP contribution in [-0.2, 0) is 11.8 Å². The van der Waals surface area contributed by atoms with Crippen LogP contribution in [0.25, 0.3) is 0 Å². The molecule has 0 saturated heterocycles. The lowest BCUT2D eigenvalue weighted by Gasteiger charge is -2.17. The second-order valence-electron chi connectivity index (χ2n) is 5.49. The van der Waals surface area contributed by atoms with E-state index < -0.39 is 0 Å². The van der Waals surface area contributed by atoms with Crippen LogP contribution in [-0.4, -0.2) is 15.0 Å². The molecular weight excluding hydrogens is 243 g/mol. The molecule has 0 amide bonds. The van der Waals surface area contributed by atoms with Crippen molar-refractivity contribution in [3.05, 3.63) is 47.3 Å². The SMILES string of the molecule is CC(C)(C)c1nc(N)nc(Cc2cccc(F)c2)n1. The quantitative estimate of drug-likeness (QED) is 0.901. The van der Waals surface area contributed by atoms with Gasteiger partial charge in [0.05, 0.1) is 0 Å². The minimum Gasteiger partial charge on any atom is -0.368 e. The largest absolute Gasteiger partial charge is 0.368 e. The number of nitrogen functional groups attached to an aromatic ring is 1. The zero-order valence-electron chi connectivity index (χ0n) is 11.3. The minimum absolute atomic E-state index is 0.200. The monoisotopic (exact) mass is 260 g/mol. The first-order valence-corrected chi connectivity index (χ1v) is 6.10. The topological polar surface area (TPSA) is 64.7 Å². The number of aromatic nitrogens is 3. The molecule has 2 N–H and O–H groups in total. The number of anilines is 1. The fourth-order valence-corrected chi connectivity index (χ4v) is 1.68. The molecule has 1 heterocycles. The molecule has 0 saturated carbocycles. The van der Waals surface area contributed by atoms with E-state index >= 15 is 0 Å². The number of benzene rings is 1. The van der Waals surface area contributed by atoms with Crippen molar-refractivity contribution >= 4 is 5.95 Å². The molecule has 0 bridgehead atoms. The molecular formula is C14H17FN4. The summed E-state index contributed by atoms with van der Waals surface area (Å²) in [5, 5.41) is 0. The maximum atomic E-state index is 13.1. The van der Waals surface area contributed by atoms with Gasteiger partial charge in [-0.15, -0.1) is 0 Å². The summed E-state index contributed by atoms with van der Waals surface area (Å²) < 4.78 is 13.1. The zero-order chi connectivity index (χ0) is 14.0. The van der Waals surface area contributed by atoms with Gasteiger partial charge in [-0.05, 0) is 17.7 Å². The molecule has 0 aliphatic heterocycles. The minimum atomic E-state index is -0.268. The number of hydrogen-bond donors (Lipinski definition) is 1. The summed E-state index contributed by atoms with van der Waals surface area (Å²) in [6.07, 6.45) is 0.438. The molecule has 0 fully saturated rings. The van der Waals surface area contributed by atoms with Crippen LogP contribution in [0.2, 0.25) is 0 Å². The highest BCUT2D eigenvalue weighted by Gasteiger charge is 2.19. The maximum absolute atomic E-state index is 13.1. The highest BCUT2D eigenvalue weighted by atomic mass is 19.1. The smallest absolute Gasteiger partial charge is 0.223 e. The van der Waals surface area contributed by atoms with E-state index in [2.05, 4.69) is 15.0 Å². The van der Waals surface area contributed by atoms with Crippen molar-refractivity contribution in [2.24, 2.45) is 0 Å².